The van der Waals surface area contributed by atoms with Crippen LogP contribution in [0.5, 0.6) is 0 Å². The summed E-state index contributed by atoms with van der Waals surface area (Å²) in [6.45, 7) is 1.54. The Balaban J connectivity index is 1.34. The highest BCUT2D eigenvalue weighted by atomic mass is 32.2. The molecule has 33 heavy (non-hydrogen) atoms. The number of amides is 3. The van der Waals surface area contributed by atoms with Gasteiger partial charge in [0, 0.05) is 17.3 Å². The Hall–Kier alpha value is -4.11. The molecule has 2 N–H and O–H groups in total. The number of hydrogen-bond donors (Lipinski definition) is 2. The Kier molecular flexibility index (Phi) is 6.41. The molecule has 0 bridgehead atoms. The van der Waals surface area contributed by atoms with E-state index in [9.17, 15) is 19.2 Å². The average Bonchev–Trinajstić information content (AvgIpc) is 3.39. The predicted molar refractivity (Wildman–Crippen MR) is 123 cm³/mol. The van der Waals surface area contributed by atoms with Crippen molar-refractivity contribution in [1.82, 2.24) is 5.32 Å². The van der Waals surface area contributed by atoms with E-state index in [0.29, 0.717) is 22.8 Å². The number of ether oxygens (including phenoxy) is 1. The Morgan fingerprint density at radius 2 is 1.76 bits per heavy atom. The van der Waals surface area contributed by atoms with Crippen molar-refractivity contribution < 1.29 is 28.3 Å². The number of nitrogens with one attached hydrogen (secondary N) is 2. The van der Waals surface area contributed by atoms with Crippen LogP contribution in [0.3, 0.4) is 0 Å². The maximum Gasteiger partial charge on any atom is 0.338 e. The number of aryl methyl sites for hydroxylation is 1. The molecular weight excluding hydrogens is 444 g/mol. The molecule has 0 unspecified atom stereocenters. The lowest BCUT2D eigenvalue weighted by Gasteiger charge is -2.07. The number of furan rings is 1. The van der Waals surface area contributed by atoms with Crippen LogP contribution in [-0.4, -0.2) is 29.6 Å². The third-order valence-corrected chi connectivity index (χ3v) is 5.43. The first-order chi connectivity index (χ1) is 15.9. The first-order valence-electron chi connectivity index (χ1n) is 9.86. The SMILES string of the molecule is Cc1ccc(NC(=O)COC(=O)c2ccc(-c3ccc(/C=C4\SC(=O)NC4=O)o3)cc2)cc1. The van der Waals surface area contributed by atoms with E-state index in [1.54, 1.807) is 48.5 Å². The number of anilines is 1. The van der Waals surface area contributed by atoms with Crippen molar-refractivity contribution in [2.75, 3.05) is 11.9 Å². The van der Waals surface area contributed by atoms with Gasteiger partial charge in [-0.1, -0.05) is 29.8 Å². The molecule has 2 heterocycles. The average molecular weight is 462 g/mol. The minimum atomic E-state index is -0.626. The zero-order valence-electron chi connectivity index (χ0n) is 17.4. The highest BCUT2D eigenvalue weighted by Crippen LogP contribution is 2.28. The maximum atomic E-state index is 12.2. The molecule has 1 aliphatic heterocycles. The van der Waals surface area contributed by atoms with Crippen molar-refractivity contribution in [3.8, 4) is 11.3 Å². The summed E-state index contributed by atoms with van der Waals surface area (Å²) in [4.78, 5) is 47.4. The number of hydrogen-bond acceptors (Lipinski definition) is 7. The summed E-state index contributed by atoms with van der Waals surface area (Å²) in [5, 5.41) is 4.42. The van der Waals surface area contributed by atoms with Gasteiger partial charge in [0.25, 0.3) is 17.1 Å². The summed E-state index contributed by atoms with van der Waals surface area (Å²) >= 11 is 0.808. The van der Waals surface area contributed by atoms with E-state index in [0.717, 1.165) is 17.3 Å². The predicted octanol–water partition coefficient (Wildman–Crippen LogP) is 4.37. The fourth-order valence-electron chi connectivity index (χ4n) is 2.95. The lowest BCUT2D eigenvalue weighted by atomic mass is 10.1. The van der Waals surface area contributed by atoms with Crippen molar-refractivity contribution in [3.63, 3.8) is 0 Å². The number of rotatable bonds is 6. The topological polar surface area (TPSA) is 115 Å². The van der Waals surface area contributed by atoms with Crippen molar-refractivity contribution in [2.45, 2.75) is 6.92 Å². The van der Waals surface area contributed by atoms with Crippen LogP contribution in [0, 0.1) is 6.92 Å². The molecule has 1 fully saturated rings. The standard InChI is InChI=1S/C24H18N2O6S/c1-14-2-8-17(9-3-14)25-21(27)13-31-23(29)16-6-4-15(5-7-16)19-11-10-18(32-19)12-20-22(28)26-24(30)33-20/h2-12H,13H2,1H3,(H,25,27)(H,26,28,30)/b20-12-. The molecule has 9 heteroatoms. The number of thioether (sulfide) groups is 1. The van der Waals surface area contributed by atoms with E-state index in [1.807, 2.05) is 19.1 Å². The van der Waals surface area contributed by atoms with Gasteiger partial charge < -0.3 is 14.5 Å². The van der Waals surface area contributed by atoms with Gasteiger partial charge in [0.15, 0.2) is 6.61 Å². The van der Waals surface area contributed by atoms with Crippen LogP contribution < -0.4 is 10.6 Å². The van der Waals surface area contributed by atoms with Crippen LogP contribution >= 0.6 is 11.8 Å². The number of carbonyl (C=O) groups excluding carboxylic acids is 4. The molecule has 0 spiro atoms. The first-order valence-corrected chi connectivity index (χ1v) is 10.7. The lowest BCUT2D eigenvalue weighted by molar-refractivity contribution is -0.119. The highest BCUT2D eigenvalue weighted by molar-refractivity contribution is 8.18. The maximum absolute atomic E-state index is 12.2. The number of benzene rings is 2. The molecule has 166 valence electrons. The number of esters is 1. The summed E-state index contributed by atoms with van der Waals surface area (Å²) in [6, 6.07) is 17.2. The van der Waals surface area contributed by atoms with E-state index in [2.05, 4.69) is 10.6 Å². The molecule has 8 nitrogen and oxygen atoms in total. The highest BCUT2D eigenvalue weighted by Gasteiger charge is 2.25. The Morgan fingerprint density at radius 3 is 2.42 bits per heavy atom. The summed E-state index contributed by atoms with van der Waals surface area (Å²) in [5.74, 6) is -0.580. The molecule has 0 atom stereocenters. The van der Waals surface area contributed by atoms with Crippen LogP contribution in [0.25, 0.3) is 17.4 Å². The largest absolute Gasteiger partial charge is 0.457 e. The lowest BCUT2D eigenvalue weighted by Crippen LogP contribution is -2.20. The molecule has 1 saturated heterocycles. The van der Waals surface area contributed by atoms with Gasteiger partial charge in [-0.25, -0.2) is 4.79 Å². The Labute approximate surface area is 193 Å². The van der Waals surface area contributed by atoms with E-state index in [4.69, 9.17) is 9.15 Å². The van der Waals surface area contributed by atoms with E-state index in [-0.39, 0.29) is 10.5 Å². The summed E-state index contributed by atoms with van der Waals surface area (Å²) < 4.78 is 10.8. The van der Waals surface area contributed by atoms with E-state index < -0.39 is 29.6 Å². The van der Waals surface area contributed by atoms with Gasteiger partial charge in [0.05, 0.1) is 10.5 Å². The molecule has 4 rings (SSSR count). The number of imide groups is 1. The van der Waals surface area contributed by atoms with Gasteiger partial charge in [0.1, 0.15) is 11.5 Å². The van der Waals surface area contributed by atoms with E-state index in [1.165, 1.54) is 6.08 Å². The summed E-state index contributed by atoms with van der Waals surface area (Å²) in [7, 11) is 0. The van der Waals surface area contributed by atoms with Gasteiger partial charge in [0.2, 0.25) is 0 Å². The van der Waals surface area contributed by atoms with Crippen molar-refractivity contribution in [2.24, 2.45) is 0 Å². The third-order valence-electron chi connectivity index (χ3n) is 4.62. The Bertz CT molecular complexity index is 1260. The first kappa shape index (κ1) is 22.1. The fourth-order valence-corrected chi connectivity index (χ4v) is 3.62. The van der Waals surface area contributed by atoms with Crippen molar-refractivity contribution in [1.29, 1.82) is 0 Å². The quantitative estimate of drug-likeness (QED) is 0.413. The third kappa shape index (κ3) is 5.58. The van der Waals surface area contributed by atoms with Crippen molar-refractivity contribution >= 4 is 46.5 Å². The van der Waals surface area contributed by atoms with Crippen LogP contribution in [0.2, 0.25) is 0 Å². The van der Waals surface area contributed by atoms with E-state index >= 15 is 0 Å². The smallest absolute Gasteiger partial charge is 0.338 e. The second-order valence-electron chi connectivity index (χ2n) is 7.12. The van der Waals surface area contributed by atoms with Crippen molar-refractivity contribution in [3.05, 3.63) is 82.5 Å². The van der Waals surface area contributed by atoms with Gasteiger partial charge in [-0.2, -0.15) is 0 Å². The van der Waals surface area contributed by atoms with Crippen LogP contribution in [0.15, 0.2) is 70.0 Å². The zero-order chi connectivity index (χ0) is 23.4. The Morgan fingerprint density at radius 1 is 1.03 bits per heavy atom. The van der Waals surface area contributed by atoms with Crippen LogP contribution in [0.4, 0.5) is 10.5 Å². The summed E-state index contributed by atoms with van der Waals surface area (Å²) in [6.07, 6.45) is 1.49. The fraction of sp³-hybridized carbons (Fsp3) is 0.0833. The molecule has 3 amide bonds. The number of carbonyl (C=O) groups is 4. The molecule has 3 aromatic rings. The molecule has 1 aliphatic rings. The van der Waals surface area contributed by atoms with Crippen LogP contribution in [0.1, 0.15) is 21.7 Å². The molecule has 1 aromatic heterocycles. The van der Waals surface area contributed by atoms with Gasteiger partial charge in [-0.3, -0.25) is 19.7 Å². The second-order valence-corrected chi connectivity index (χ2v) is 8.14. The zero-order valence-corrected chi connectivity index (χ0v) is 18.2. The molecule has 0 radical (unpaired) electrons. The molecule has 2 aromatic carbocycles. The van der Waals surface area contributed by atoms with Gasteiger partial charge in [-0.05, 0) is 55.1 Å². The van der Waals surface area contributed by atoms with Gasteiger partial charge in [-0.15, -0.1) is 0 Å². The van der Waals surface area contributed by atoms with Gasteiger partial charge >= 0.3 is 5.97 Å². The molecule has 0 aliphatic carbocycles. The normalized spacial score (nSPS) is 14.3. The molecular formula is C24H18N2O6S. The summed E-state index contributed by atoms with van der Waals surface area (Å²) in [5.41, 5.74) is 2.68. The molecule has 0 saturated carbocycles. The van der Waals surface area contributed by atoms with Crippen LogP contribution in [-0.2, 0) is 14.3 Å². The minimum absolute atomic E-state index is 0.255. The second kappa shape index (κ2) is 9.58. The monoisotopic (exact) mass is 462 g/mol. The minimum Gasteiger partial charge on any atom is -0.457 e.